The molecule has 1 aliphatic heterocycles. The summed E-state index contributed by atoms with van der Waals surface area (Å²) in [5, 5.41) is 8.28. The lowest BCUT2D eigenvalue weighted by Crippen LogP contribution is -2.33. The minimum Gasteiger partial charge on any atom is -0.378 e. The molecule has 1 saturated heterocycles. The van der Waals surface area contributed by atoms with Crippen molar-refractivity contribution in [3.8, 4) is 0 Å². The second-order valence-corrected chi connectivity index (χ2v) is 5.97. The van der Waals surface area contributed by atoms with Crippen LogP contribution in [0.5, 0.6) is 0 Å². The quantitative estimate of drug-likeness (QED) is 0.758. The molecule has 1 aromatic rings. The summed E-state index contributed by atoms with van der Waals surface area (Å²) >= 11 is 1.52. The standard InChI is InChI=1S/C15H24N2O2S/c1-2-12-6-11-20-14(12)15(18)17-7-3-10-19-13-4-8-16-9-5-13/h6,11,13,16H,2-5,7-10H2,1H3,(H,17,18). The highest BCUT2D eigenvalue weighted by Gasteiger charge is 2.13. The Labute approximate surface area is 124 Å². The van der Waals surface area contributed by atoms with Gasteiger partial charge in [-0.2, -0.15) is 0 Å². The molecule has 0 bridgehead atoms. The van der Waals surface area contributed by atoms with E-state index >= 15 is 0 Å². The van der Waals surface area contributed by atoms with Gasteiger partial charge in [-0.05, 0) is 55.8 Å². The number of amides is 1. The average molecular weight is 296 g/mol. The van der Waals surface area contributed by atoms with Crippen molar-refractivity contribution in [3.05, 3.63) is 21.9 Å². The average Bonchev–Trinajstić information content (AvgIpc) is 2.96. The van der Waals surface area contributed by atoms with Crippen molar-refractivity contribution < 1.29 is 9.53 Å². The van der Waals surface area contributed by atoms with Gasteiger partial charge in [0.15, 0.2) is 0 Å². The topological polar surface area (TPSA) is 50.4 Å². The Bertz CT molecular complexity index is 414. The molecule has 0 spiro atoms. The van der Waals surface area contributed by atoms with E-state index in [9.17, 15) is 4.79 Å². The molecule has 1 aromatic heterocycles. The Morgan fingerprint density at radius 1 is 1.50 bits per heavy atom. The van der Waals surface area contributed by atoms with E-state index in [4.69, 9.17) is 4.74 Å². The van der Waals surface area contributed by atoms with Gasteiger partial charge in [0.1, 0.15) is 0 Å². The molecule has 5 heteroatoms. The zero-order valence-corrected chi connectivity index (χ0v) is 12.9. The van der Waals surface area contributed by atoms with E-state index in [1.54, 1.807) is 0 Å². The number of rotatable bonds is 7. The molecular weight excluding hydrogens is 272 g/mol. The first-order valence-electron chi connectivity index (χ1n) is 7.48. The minimum atomic E-state index is 0.0544. The lowest BCUT2D eigenvalue weighted by atomic mass is 10.1. The second-order valence-electron chi connectivity index (χ2n) is 5.06. The van der Waals surface area contributed by atoms with Gasteiger partial charge in [0.25, 0.3) is 5.91 Å². The third-order valence-electron chi connectivity index (χ3n) is 3.58. The number of hydrogen-bond donors (Lipinski definition) is 2. The van der Waals surface area contributed by atoms with E-state index in [1.165, 1.54) is 11.3 Å². The number of hydrogen-bond acceptors (Lipinski definition) is 4. The molecule has 20 heavy (non-hydrogen) atoms. The van der Waals surface area contributed by atoms with Gasteiger partial charge in [-0.25, -0.2) is 0 Å². The molecule has 1 fully saturated rings. The molecule has 4 nitrogen and oxygen atoms in total. The van der Waals surface area contributed by atoms with Crippen LogP contribution in [0.15, 0.2) is 11.4 Å². The van der Waals surface area contributed by atoms with Crippen LogP contribution >= 0.6 is 11.3 Å². The predicted molar refractivity (Wildman–Crippen MR) is 82.5 cm³/mol. The molecule has 2 N–H and O–H groups in total. The molecule has 0 saturated carbocycles. The van der Waals surface area contributed by atoms with Gasteiger partial charge in [0, 0.05) is 13.2 Å². The van der Waals surface area contributed by atoms with E-state index in [1.807, 2.05) is 11.4 Å². The van der Waals surface area contributed by atoms with Crippen LogP contribution in [0.2, 0.25) is 0 Å². The van der Waals surface area contributed by atoms with Crippen molar-refractivity contribution in [2.75, 3.05) is 26.2 Å². The largest absolute Gasteiger partial charge is 0.378 e. The Morgan fingerprint density at radius 2 is 2.30 bits per heavy atom. The summed E-state index contributed by atoms with van der Waals surface area (Å²) in [5.74, 6) is 0.0544. The van der Waals surface area contributed by atoms with E-state index in [0.717, 1.165) is 55.8 Å². The van der Waals surface area contributed by atoms with E-state index in [-0.39, 0.29) is 5.91 Å². The summed E-state index contributed by atoms with van der Waals surface area (Å²) in [7, 11) is 0. The van der Waals surface area contributed by atoms with Crippen LogP contribution in [0.4, 0.5) is 0 Å². The maximum Gasteiger partial charge on any atom is 0.261 e. The Morgan fingerprint density at radius 3 is 3.05 bits per heavy atom. The van der Waals surface area contributed by atoms with Gasteiger partial charge in [0.2, 0.25) is 0 Å². The number of piperidine rings is 1. The fourth-order valence-corrected chi connectivity index (χ4v) is 3.29. The lowest BCUT2D eigenvalue weighted by Gasteiger charge is -2.22. The molecule has 0 aliphatic carbocycles. The van der Waals surface area contributed by atoms with Crippen LogP contribution in [0, 0.1) is 0 Å². The monoisotopic (exact) mass is 296 g/mol. The predicted octanol–water partition coefficient (Wildman–Crippen LogP) is 2.20. The van der Waals surface area contributed by atoms with Crippen LogP contribution in [0.3, 0.4) is 0 Å². The third kappa shape index (κ3) is 4.58. The number of thiophene rings is 1. The maximum atomic E-state index is 12.0. The Kier molecular flexibility index (Phi) is 6.50. The first-order valence-corrected chi connectivity index (χ1v) is 8.36. The number of carbonyl (C=O) groups excluding carboxylic acids is 1. The first-order chi connectivity index (χ1) is 9.81. The van der Waals surface area contributed by atoms with Crippen molar-refractivity contribution >= 4 is 17.2 Å². The molecular formula is C15H24N2O2S. The van der Waals surface area contributed by atoms with Crippen molar-refractivity contribution in [2.24, 2.45) is 0 Å². The third-order valence-corrected chi connectivity index (χ3v) is 4.54. The zero-order valence-electron chi connectivity index (χ0n) is 12.1. The van der Waals surface area contributed by atoms with Crippen molar-refractivity contribution in [1.82, 2.24) is 10.6 Å². The lowest BCUT2D eigenvalue weighted by molar-refractivity contribution is 0.0318. The van der Waals surface area contributed by atoms with Crippen LogP contribution in [0.1, 0.15) is 41.4 Å². The summed E-state index contributed by atoms with van der Waals surface area (Å²) in [4.78, 5) is 12.9. The summed E-state index contributed by atoms with van der Waals surface area (Å²) in [6, 6.07) is 2.03. The molecule has 2 heterocycles. The molecule has 112 valence electrons. The number of carbonyl (C=O) groups is 1. The van der Waals surface area contributed by atoms with Crippen LogP contribution in [0.25, 0.3) is 0 Å². The van der Waals surface area contributed by atoms with Crippen molar-refractivity contribution in [3.63, 3.8) is 0 Å². The second kappa shape index (κ2) is 8.39. The molecule has 0 aromatic carbocycles. The maximum absolute atomic E-state index is 12.0. The van der Waals surface area contributed by atoms with Crippen LogP contribution in [-0.4, -0.2) is 38.3 Å². The SMILES string of the molecule is CCc1ccsc1C(=O)NCCCOC1CCNCC1. The molecule has 0 unspecified atom stereocenters. The fraction of sp³-hybridized carbons (Fsp3) is 0.667. The van der Waals surface area contributed by atoms with E-state index < -0.39 is 0 Å². The Balaban J connectivity index is 1.59. The summed E-state index contributed by atoms with van der Waals surface area (Å²) in [5.41, 5.74) is 1.14. The highest BCUT2D eigenvalue weighted by atomic mass is 32.1. The molecule has 1 amide bonds. The van der Waals surface area contributed by atoms with Gasteiger partial charge in [-0.15, -0.1) is 11.3 Å². The van der Waals surface area contributed by atoms with Crippen LogP contribution < -0.4 is 10.6 Å². The number of nitrogens with one attached hydrogen (secondary N) is 2. The molecule has 2 rings (SSSR count). The Hall–Kier alpha value is -0.910. The molecule has 0 radical (unpaired) electrons. The van der Waals surface area contributed by atoms with Crippen molar-refractivity contribution in [1.29, 1.82) is 0 Å². The number of aryl methyl sites for hydroxylation is 1. The zero-order chi connectivity index (χ0) is 14.2. The molecule has 1 aliphatic rings. The number of ether oxygens (including phenoxy) is 1. The summed E-state index contributed by atoms with van der Waals surface area (Å²) < 4.78 is 5.81. The summed E-state index contributed by atoms with van der Waals surface area (Å²) in [6.07, 6.45) is 4.38. The normalized spacial score (nSPS) is 16.2. The van der Waals surface area contributed by atoms with Crippen LogP contribution in [-0.2, 0) is 11.2 Å². The summed E-state index contributed by atoms with van der Waals surface area (Å²) in [6.45, 7) is 5.60. The fourth-order valence-electron chi connectivity index (χ4n) is 2.38. The molecule has 0 atom stereocenters. The van der Waals surface area contributed by atoms with Gasteiger partial charge in [-0.3, -0.25) is 4.79 Å². The minimum absolute atomic E-state index is 0.0544. The first kappa shape index (κ1) is 15.5. The van der Waals surface area contributed by atoms with Gasteiger partial charge in [0.05, 0.1) is 11.0 Å². The van der Waals surface area contributed by atoms with E-state index in [2.05, 4.69) is 17.6 Å². The highest BCUT2D eigenvalue weighted by Crippen LogP contribution is 2.16. The smallest absolute Gasteiger partial charge is 0.261 e. The van der Waals surface area contributed by atoms with Gasteiger partial charge >= 0.3 is 0 Å². The van der Waals surface area contributed by atoms with Crippen molar-refractivity contribution in [2.45, 2.75) is 38.7 Å². The van der Waals surface area contributed by atoms with Gasteiger partial charge < -0.3 is 15.4 Å². The van der Waals surface area contributed by atoms with E-state index in [0.29, 0.717) is 12.6 Å². The highest BCUT2D eigenvalue weighted by molar-refractivity contribution is 7.12. The van der Waals surface area contributed by atoms with Gasteiger partial charge in [-0.1, -0.05) is 6.92 Å².